The quantitative estimate of drug-likeness (QED) is 0.538. The summed E-state index contributed by atoms with van der Waals surface area (Å²) in [5, 5.41) is 0. The van der Waals surface area contributed by atoms with Gasteiger partial charge in [0.1, 0.15) is 0 Å². The van der Waals surface area contributed by atoms with E-state index in [-0.39, 0.29) is 0 Å². The van der Waals surface area contributed by atoms with Crippen LogP contribution in [0.3, 0.4) is 0 Å². The van der Waals surface area contributed by atoms with Gasteiger partial charge in [0.2, 0.25) is 0 Å². The summed E-state index contributed by atoms with van der Waals surface area (Å²) in [5.74, 6) is 0. The van der Waals surface area contributed by atoms with Crippen molar-refractivity contribution in [3.8, 4) is 0 Å². The first-order chi connectivity index (χ1) is 3.93. The minimum absolute atomic E-state index is 0.402. The van der Waals surface area contributed by atoms with Crippen molar-refractivity contribution in [3.63, 3.8) is 0 Å². The molecule has 0 saturated carbocycles. The summed E-state index contributed by atoms with van der Waals surface area (Å²) in [6.45, 7) is 0. The number of rotatable bonds is 1. The molecule has 0 aromatic heterocycles. The van der Waals surface area contributed by atoms with Crippen LogP contribution in [0, 0.1) is 0 Å². The normalized spacial score (nSPS) is 10.6. The van der Waals surface area contributed by atoms with Crippen molar-refractivity contribution in [3.05, 3.63) is 30.3 Å². The standard InChI is InChI=1S/C6H5AsI/c8-7-6-4-2-1-3-5-6/h1-5H/q+1. The third kappa shape index (κ3) is 1.79. The fourth-order valence-electron chi connectivity index (χ4n) is 0.484. The molecule has 0 nitrogen and oxygen atoms in total. The van der Waals surface area contributed by atoms with Gasteiger partial charge < -0.3 is 0 Å². The number of benzene rings is 1. The average molecular weight is 279 g/mol. The molecule has 40 valence electrons. The van der Waals surface area contributed by atoms with Crippen LogP contribution in [0.25, 0.3) is 0 Å². The topological polar surface area (TPSA) is 0 Å². The molecule has 2 heteroatoms. The molecule has 0 heterocycles. The predicted octanol–water partition coefficient (Wildman–Crippen LogP) is 1.37. The van der Waals surface area contributed by atoms with E-state index in [2.05, 4.69) is 50.5 Å². The van der Waals surface area contributed by atoms with Gasteiger partial charge in [-0.3, -0.25) is 0 Å². The third-order valence-corrected chi connectivity index (χ3v) is 4.78. The first-order valence-electron chi connectivity index (χ1n) is 2.30. The average Bonchev–Trinajstić information content (AvgIpc) is 1.90. The Morgan fingerprint density at radius 3 is 2.12 bits per heavy atom. The van der Waals surface area contributed by atoms with E-state index in [1.165, 1.54) is 4.35 Å². The molecule has 2 radical (unpaired) electrons. The summed E-state index contributed by atoms with van der Waals surface area (Å²) in [6, 6.07) is 10.6. The van der Waals surface area contributed by atoms with E-state index >= 15 is 0 Å². The molecule has 1 aromatic rings. The summed E-state index contributed by atoms with van der Waals surface area (Å²) in [6.07, 6.45) is 0. The second-order valence-corrected chi connectivity index (χ2v) is 5.36. The molecule has 1 aromatic carbocycles. The first-order valence-corrected chi connectivity index (χ1v) is 8.96. The van der Waals surface area contributed by atoms with Gasteiger partial charge in [-0.15, -0.1) is 0 Å². The Morgan fingerprint density at radius 1 is 1.12 bits per heavy atom. The zero-order valence-corrected chi connectivity index (χ0v) is 8.25. The zero-order valence-electron chi connectivity index (χ0n) is 4.21. The van der Waals surface area contributed by atoms with E-state index < -0.39 is 0 Å². The van der Waals surface area contributed by atoms with Gasteiger partial charge in [0.05, 0.1) is 0 Å². The van der Waals surface area contributed by atoms with E-state index in [4.69, 9.17) is 0 Å². The molecular weight excluding hydrogens is 274 g/mol. The summed E-state index contributed by atoms with van der Waals surface area (Å²) in [7, 11) is 0. The van der Waals surface area contributed by atoms with Crippen molar-refractivity contribution in [1.29, 1.82) is 0 Å². The SMILES string of the molecule is I[As+]c1ccccc1. The zero-order chi connectivity index (χ0) is 5.82. The van der Waals surface area contributed by atoms with E-state index in [1.54, 1.807) is 0 Å². The van der Waals surface area contributed by atoms with Crippen LogP contribution in [-0.2, 0) is 0 Å². The van der Waals surface area contributed by atoms with Crippen LogP contribution >= 0.6 is 20.1 Å². The molecule has 8 heavy (non-hydrogen) atoms. The number of hydrogen-bond donors (Lipinski definition) is 0. The van der Waals surface area contributed by atoms with Crippen molar-refractivity contribution in [2.75, 3.05) is 0 Å². The summed E-state index contributed by atoms with van der Waals surface area (Å²) in [5.41, 5.74) is 0. The molecule has 0 spiro atoms. The van der Waals surface area contributed by atoms with Crippen molar-refractivity contribution in [2.45, 2.75) is 0 Å². The van der Waals surface area contributed by atoms with Crippen molar-refractivity contribution < 1.29 is 0 Å². The Bertz CT molecular complexity index is 150. The second kappa shape index (κ2) is 3.52. The van der Waals surface area contributed by atoms with E-state index in [0.717, 1.165) is 0 Å². The fourth-order valence-corrected chi connectivity index (χ4v) is 2.75. The van der Waals surface area contributed by atoms with Gasteiger partial charge in [0.15, 0.2) is 0 Å². The van der Waals surface area contributed by atoms with E-state index in [9.17, 15) is 0 Å². The van der Waals surface area contributed by atoms with Crippen molar-refractivity contribution >= 4 is 36.9 Å². The van der Waals surface area contributed by atoms with Crippen LogP contribution in [0.4, 0.5) is 0 Å². The van der Waals surface area contributed by atoms with Crippen LogP contribution in [0.5, 0.6) is 0 Å². The Labute approximate surface area is 66.9 Å². The Hall–Kier alpha value is 0.508. The summed E-state index contributed by atoms with van der Waals surface area (Å²) in [4.78, 5) is 0. The van der Waals surface area contributed by atoms with Crippen LogP contribution in [0.1, 0.15) is 0 Å². The first kappa shape index (κ1) is 6.63. The molecule has 0 fully saturated rings. The van der Waals surface area contributed by atoms with Gasteiger partial charge in [0, 0.05) is 0 Å². The molecule has 0 N–H and O–H groups in total. The Balaban J connectivity index is 2.83. The Kier molecular flexibility index (Phi) is 2.91. The van der Waals surface area contributed by atoms with Crippen LogP contribution in [0.2, 0.25) is 0 Å². The van der Waals surface area contributed by atoms with Crippen molar-refractivity contribution in [1.82, 2.24) is 0 Å². The van der Waals surface area contributed by atoms with E-state index in [0.29, 0.717) is 12.4 Å². The molecule has 0 aliphatic heterocycles. The molecule has 0 aliphatic rings. The summed E-state index contributed by atoms with van der Waals surface area (Å²) < 4.78 is 1.49. The van der Waals surface area contributed by atoms with Gasteiger partial charge >= 0.3 is 67.2 Å². The molecular formula is C6H5AsI+. The monoisotopic (exact) mass is 279 g/mol. The maximum absolute atomic E-state index is 2.45. The number of hydrogen-bond acceptors (Lipinski definition) is 0. The van der Waals surface area contributed by atoms with Crippen LogP contribution in [0.15, 0.2) is 30.3 Å². The molecule has 0 amide bonds. The molecule has 0 atom stereocenters. The molecule has 0 saturated heterocycles. The van der Waals surface area contributed by atoms with Gasteiger partial charge in [-0.05, 0) is 0 Å². The van der Waals surface area contributed by atoms with Crippen molar-refractivity contribution in [2.24, 2.45) is 0 Å². The molecule has 0 unspecified atom stereocenters. The molecule has 0 aliphatic carbocycles. The number of halogens is 1. The summed E-state index contributed by atoms with van der Waals surface area (Å²) >= 11 is 2.85. The van der Waals surface area contributed by atoms with Crippen LogP contribution < -0.4 is 4.35 Å². The Morgan fingerprint density at radius 2 is 1.75 bits per heavy atom. The maximum atomic E-state index is 2.45. The van der Waals surface area contributed by atoms with Crippen LogP contribution in [-0.4, -0.2) is 12.4 Å². The van der Waals surface area contributed by atoms with Gasteiger partial charge in [-0.25, -0.2) is 0 Å². The molecule has 1 rings (SSSR count). The predicted molar refractivity (Wildman–Crippen MR) is 45.9 cm³/mol. The van der Waals surface area contributed by atoms with Gasteiger partial charge in [-0.2, -0.15) is 0 Å². The molecule has 0 bridgehead atoms. The van der Waals surface area contributed by atoms with Gasteiger partial charge in [0.25, 0.3) is 0 Å². The third-order valence-electron chi connectivity index (χ3n) is 0.854. The van der Waals surface area contributed by atoms with E-state index in [1.807, 2.05) is 0 Å². The van der Waals surface area contributed by atoms with Gasteiger partial charge in [-0.1, -0.05) is 0 Å². The minimum atomic E-state index is 0.402. The fraction of sp³-hybridized carbons (Fsp3) is 0. The second-order valence-electron chi connectivity index (χ2n) is 1.42.